The van der Waals surface area contributed by atoms with Crippen LogP contribution in [0, 0.1) is 12.7 Å². The first-order valence-corrected chi connectivity index (χ1v) is 6.35. The molecule has 0 aliphatic carbocycles. The second-order valence-corrected chi connectivity index (χ2v) is 4.53. The molecule has 0 saturated carbocycles. The topological polar surface area (TPSA) is 38.3 Å². The average molecular weight is 273 g/mol. The fourth-order valence-electron chi connectivity index (χ4n) is 1.74. The monoisotopic (exact) mass is 273 g/mol. The van der Waals surface area contributed by atoms with Gasteiger partial charge < -0.3 is 10.1 Å². The zero-order valence-electron chi connectivity index (χ0n) is 11.4. The number of amides is 1. The first-order chi connectivity index (χ1) is 9.56. The third-order valence-electron chi connectivity index (χ3n) is 2.86. The van der Waals surface area contributed by atoms with Crippen LogP contribution in [-0.4, -0.2) is 12.0 Å². The molecule has 0 aliphatic rings. The number of aryl methyl sites for hydroxylation is 1. The minimum atomic E-state index is -0.667. The van der Waals surface area contributed by atoms with Crippen LogP contribution in [0.2, 0.25) is 0 Å². The molecule has 1 N–H and O–H groups in total. The van der Waals surface area contributed by atoms with E-state index in [2.05, 4.69) is 5.32 Å². The Morgan fingerprint density at radius 3 is 2.65 bits per heavy atom. The van der Waals surface area contributed by atoms with Crippen LogP contribution in [0.25, 0.3) is 0 Å². The molecule has 4 heteroatoms. The van der Waals surface area contributed by atoms with Gasteiger partial charge in [-0.1, -0.05) is 24.3 Å². The molecule has 1 amide bonds. The molecule has 2 aromatic rings. The quantitative estimate of drug-likeness (QED) is 0.925. The van der Waals surface area contributed by atoms with Crippen molar-refractivity contribution in [2.45, 2.75) is 20.0 Å². The number of anilines is 1. The highest BCUT2D eigenvalue weighted by Gasteiger charge is 2.15. The first-order valence-electron chi connectivity index (χ1n) is 6.35. The lowest BCUT2D eigenvalue weighted by Crippen LogP contribution is -2.30. The van der Waals surface area contributed by atoms with Crippen LogP contribution in [-0.2, 0) is 4.79 Å². The van der Waals surface area contributed by atoms with E-state index in [0.29, 0.717) is 11.4 Å². The first kappa shape index (κ1) is 14.1. The number of carbonyl (C=O) groups excluding carboxylic acids is 1. The maximum atomic E-state index is 13.0. The van der Waals surface area contributed by atoms with Crippen molar-refractivity contribution in [3.8, 4) is 5.75 Å². The van der Waals surface area contributed by atoms with Crippen LogP contribution in [0.3, 0.4) is 0 Å². The summed E-state index contributed by atoms with van der Waals surface area (Å²) in [6.45, 7) is 3.56. The number of para-hydroxylation sites is 1. The molecule has 0 aliphatic heterocycles. The highest BCUT2D eigenvalue weighted by molar-refractivity contribution is 5.94. The zero-order valence-corrected chi connectivity index (χ0v) is 11.4. The number of hydrogen-bond acceptors (Lipinski definition) is 2. The molecule has 2 aromatic carbocycles. The number of ether oxygens (including phenoxy) is 1. The molecule has 20 heavy (non-hydrogen) atoms. The maximum absolute atomic E-state index is 13.0. The van der Waals surface area contributed by atoms with E-state index in [-0.39, 0.29) is 5.91 Å². The Morgan fingerprint density at radius 2 is 1.95 bits per heavy atom. The van der Waals surface area contributed by atoms with E-state index in [4.69, 9.17) is 4.74 Å². The van der Waals surface area contributed by atoms with E-state index >= 15 is 0 Å². The lowest BCUT2D eigenvalue weighted by atomic mass is 10.2. The normalized spacial score (nSPS) is 11.8. The van der Waals surface area contributed by atoms with Gasteiger partial charge in [0.1, 0.15) is 11.6 Å². The molecule has 0 bridgehead atoms. The number of halogens is 1. The molecule has 0 spiro atoms. The molecule has 0 heterocycles. The molecule has 0 aromatic heterocycles. The van der Waals surface area contributed by atoms with E-state index in [0.717, 1.165) is 5.56 Å². The van der Waals surface area contributed by atoms with Crippen molar-refractivity contribution in [3.05, 3.63) is 59.9 Å². The molecule has 0 unspecified atom stereocenters. The van der Waals surface area contributed by atoms with E-state index in [1.165, 1.54) is 18.2 Å². The summed E-state index contributed by atoms with van der Waals surface area (Å²) >= 11 is 0. The minimum Gasteiger partial charge on any atom is -0.481 e. The third kappa shape index (κ3) is 3.57. The Kier molecular flexibility index (Phi) is 4.35. The van der Waals surface area contributed by atoms with E-state index in [1.54, 1.807) is 19.1 Å². The van der Waals surface area contributed by atoms with Crippen LogP contribution in [0.1, 0.15) is 12.5 Å². The van der Waals surface area contributed by atoms with Crippen molar-refractivity contribution in [2.24, 2.45) is 0 Å². The second-order valence-electron chi connectivity index (χ2n) is 4.53. The Morgan fingerprint density at radius 1 is 1.20 bits per heavy atom. The number of rotatable bonds is 4. The van der Waals surface area contributed by atoms with E-state index < -0.39 is 11.9 Å². The summed E-state index contributed by atoms with van der Waals surface area (Å²) in [6.07, 6.45) is -0.667. The molecule has 104 valence electrons. The Bertz CT molecular complexity index is 613. The number of benzene rings is 2. The predicted molar refractivity (Wildman–Crippen MR) is 76.3 cm³/mol. The Hall–Kier alpha value is -2.36. The van der Waals surface area contributed by atoms with Crippen molar-refractivity contribution in [3.63, 3.8) is 0 Å². The van der Waals surface area contributed by atoms with Crippen molar-refractivity contribution in [1.29, 1.82) is 0 Å². The number of carbonyl (C=O) groups is 1. The summed E-state index contributed by atoms with van der Waals surface area (Å²) in [4.78, 5) is 12.0. The lowest BCUT2D eigenvalue weighted by molar-refractivity contribution is -0.122. The second kappa shape index (κ2) is 6.19. The predicted octanol–water partition coefficient (Wildman–Crippen LogP) is 3.54. The minimum absolute atomic E-state index is 0.321. The molecule has 2 rings (SSSR count). The highest BCUT2D eigenvalue weighted by Crippen LogP contribution is 2.18. The SMILES string of the molecule is Cc1ccccc1O[C@@H](C)C(=O)Nc1cccc(F)c1. The molecular weight excluding hydrogens is 257 g/mol. The van der Waals surface area contributed by atoms with Gasteiger partial charge in [-0.25, -0.2) is 4.39 Å². The smallest absolute Gasteiger partial charge is 0.265 e. The summed E-state index contributed by atoms with van der Waals surface area (Å²) in [7, 11) is 0. The summed E-state index contributed by atoms with van der Waals surface area (Å²) in [5.41, 5.74) is 1.37. The van der Waals surface area contributed by atoms with Gasteiger partial charge in [0.05, 0.1) is 0 Å². The van der Waals surface area contributed by atoms with Crippen molar-refractivity contribution < 1.29 is 13.9 Å². The zero-order chi connectivity index (χ0) is 14.5. The van der Waals surface area contributed by atoms with E-state index in [9.17, 15) is 9.18 Å². The van der Waals surface area contributed by atoms with Crippen LogP contribution in [0.5, 0.6) is 5.75 Å². The van der Waals surface area contributed by atoms with Crippen LogP contribution in [0.15, 0.2) is 48.5 Å². The van der Waals surface area contributed by atoms with Gasteiger partial charge in [0, 0.05) is 5.69 Å². The van der Waals surface area contributed by atoms with Crippen LogP contribution in [0.4, 0.5) is 10.1 Å². The van der Waals surface area contributed by atoms with Crippen molar-refractivity contribution in [1.82, 2.24) is 0 Å². The fraction of sp³-hybridized carbons (Fsp3) is 0.188. The average Bonchev–Trinajstić information content (AvgIpc) is 2.41. The third-order valence-corrected chi connectivity index (χ3v) is 2.86. The van der Waals surface area contributed by atoms with Gasteiger partial charge in [0.2, 0.25) is 0 Å². The standard InChI is InChI=1S/C16H16FNO2/c1-11-6-3-4-9-15(11)20-12(2)16(19)18-14-8-5-7-13(17)10-14/h3-10,12H,1-2H3,(H,18,19)/t12-/m0/s1. The van der Waals surface area contributed by atoms with Gasteiger partial charge >= 0.3 is 0 Å². The molecule has 0 fully saturated rings. The number of hydrogen-bond donors (Lipinski definition) is 1. The highest BCUT2D eigenvalue weighted by atomic mass is 19.1. The van der Waals surface area contributed by atoms with Crippen molar-refractivity contribution >= 4 is 11.6 Å². The van der Waals surface area contributed by atoms with Gasteiger partial charge in [0.25, 0.3) is 5.91 Å². The van der Waals surface area contributed by atoms with Gasteiger partial charge in [-0.2, -0.15) is 0 Å². The molecule has 0 saturated heterocycles. The Labute approximate surface area is 117 Å². The van der Waals surface area contributed by atoms with E-state index in [1.807, 2.05) is 25.1 Å². The maximum Gasteiger partial charge on any atom is 0.265 e. The van der Waals surface area contributed by atoms with Crippen molar-refractivity contribution in [2.75, 3.05) is 5.32 Å². The summed E-state index contributed by atoms with van der Waals surface area (Å²) in [6, 6.07) is 13.2. The van der Waals surface area contributed by atoms with Crippen LogP contribution >= 0.6 is 0 Å². The largest absolute Gasteiger partial charge is 0.481 e. The van der Waals surface area contributed by atoms with Gasteiger partial charge in [0.15, 0.2) is 6.10 Å². The van der Waals surface area contributed by atoms with Gasteiger partial charge in [-0.15, -0.1) is 0 Å². The molecule has 3 nitrogen and oxygen atoms in total. The molecular formula is C16H16FNO2. The lowest BCUT2D eigenvalue weighted by Gasteiger charge is -2.16. The summed E-state index contributed by atoms with van der Waals surface area (Å²) in [5.74, 6) is -0.0523. The van der Waals surface area contributed by atoms with Crippen LogP contribution < -0.4 is 10.1 Å². The summed E-state index contributed by atoms with van der Waals surface area (Å²) in [5, 5.41) is 2.62. The molecule has 1 atom stereocenters. The molecule has 0 radical (unpaired) electrons. The number of nitrogens with one attached hydrogen (secondary N) is 1. The summed E-state index contributed by atoms with van der Waals surface area (Å²) < 4.78 is 18.6. The van der Waals surface area contributed by atoms with Gasteiger partial charge in [-0.05, 0) is 43.7 Å². The Balaban J connectivity index is 2.01. The fourth-order valence-corrected chi connectivity index (χ4v) is 1.74. The van der Waals surface area contributed by atoms with Gasteiger partial charge in [-0.3, -0.25) is 4.79 Å².